The highest BCUT2D eigenvalue weighted by Crippen LogP contribution is 2.46. The average molecular weight is 513 g/mol. The molecule has 6 rings (SSSR count). The Kier molecular flexibility index (Phi) is 5.55. The van der Waals surface area contributed by atoms with E-state index in [0.717, 1.165) is 43.0 Å². The maximum atomic E-state index is 14.9. The van der Waals surface area contributed by atoms with E-state index in [9.17, 15) is 14.3 Å². The lowest BCUT2D eigenvalue weighted by molar-refractivity contribution is -0.122. The fourth-order valence-electron chi connectivity index (χ4n) is 6.26. The van der Waals surface area contributed by atoms with Gasteiger partial charge in [0.25, 0.3) is 0 Å². The average Bonchev–Trinajstić information content (AvgIpc) is 3.28. The zero-order valence-electron chi connectivity index (χ0n) is 20.5. The summed E-state index contributed by atoms with van der Waals surface area (Å²) in [5, 5.41) is 13.7. The molecule has 3 aliphatic rings. The molecule has 0 unspecified atom stereocenters. The number of piperidine rings is 1. The largest absolute Gasteiger partial charge is 0.492 e. The molecular weight excluding hydrogens is 483 g/mol. The van der Waals surface area contributed by atoms with Gasteiger partial charge in [-0.15, -0.1) is 0 Å². The van der Waals surface area contributed by atoms with Crippen molar-refractivity contribution in [2.45, 2.75) is 49.5 Å². The van der Waals surface area contributed by atoms with Gasteiger partial charge in [0, 0.05) is 42.4 Å². The predicted octanol–water partition coefficient (Wildman–Crippen LogP) is 4.36. The Bertz CT molecular complexity index is 1350. The number of likely N-dealkylation sites (tertiary alicyclic amines) is 1. The van der Waals surface area contributed by atoms with E-state index in [0.29, 0.717) is 47.8 Å². The van der Waals surface area contributed by atoms with E-state index in [1.165, 1.54) is 6.07 Å². The third kappa shape index (κ3) is 3.86. The molecule has 2 N–H and O–H groups in total. The maximum Gasteiger partial charge on any atom is 0.235 e. The number of rotatable bonds is 5. The Balaban J connectivity index is 1.08. The summed E-state index contributed by atoms with van der Waals surface area (Å²) in [5.74, 6) is 1.08. The first kappa shape index (κ1) is 23.7. The quantitative estimate of drug-likeness (QED) is 0.531. The highest BCUT2D eigenvalue weighted by atomic mass is 35.5. The molecule has 0 radical (unpaired) electrons. The first-order chi connectivity index (χ1) is 17.1. The van der Waals surface area contributed by atoms with Crippen molar-refractivity contribution in [3.05, 3.63) is 52.6 Å². The second kappa shape index (κ2) is 8.43. The van der Waals surface area contributed by atoms with E-state index in [2.05, 4.69) is 15.2 Å². The molecule has 190 valence electrons. The Morgan fingerprint density at radius 3 is 2.72 bits per heavy atom. The molecule has 0 atom stereocenters. The number of ether oxygens (including phenoxy) is 1. The zero-order chi connectivity index (χ0) is 25.2. The normalized spacial score (nSPS) is 25.1. The number of halogens is 2. The highest BCUT2D eigenvalue weighted by Gasteiger charge is 2.48. The first-order valence-corrected chi connectivity index (χ1v) is 12.9. The summed E-state index contributed by atoms with van der Waals surface area (Å²) >= 11 is 6.21. The molecule has 36 heavy (non-hydrogen) atoms. The van der Waals surface area contributed by atoms with Crippen LogP contribution >= 0.6 is 11.6 Å². The Labute approximate surface area is 214 Å². The number of benzene rings is 2. The van der Waals surface area contributed by atoms with Gasteiger partial charge < -0.3 is 19.7 Å². The molecular formula is C27H30ClFN4O3. The third-order valence-electron chi connectivity index (χ3n) is 8.23. The SMILES string of the molecule is Cn1c(C2CC(C)(O)C2)nc2cc(OCCN3CCC4(CC3)C(=O)Nc3ccc(Cl)cc34)cc(F)c21. The van der Waals surface area contributed by atoms with E-state index < -0.39 is 11.0 Å². The van der Waals surface area contributed by atoms with Crippen molar-refractivity contribution in [2.75, 3.05) is 31.6 Å². The molecule has 3 aromatic rings. The van der Waals surface area contributed by atoms with Crippen LogP contribution in [0.5, 0.6) is 5.75 Å². The van der Waals surface area contributed by atoms with Crippen LogP contribution in [0.4, 0.5) is 10.1 Å². The van der Waals surface area contributed by atoms with Crippen molar-refractivity contribution in [1.82, 2.24) is 14.5 Å². The molecule has 1 saturated carbocycles. The lowest BCUT2D eigenvalue weighted by atomic mass is 9.72. The molecule has 7 nitrogen and oxygen atoms in total. The summed E-state index contributed by atoms with van der Waals surface area (Å²) in [5.41, 5.74) is 1.70. The number of aromatic nitrogens is 2. The lowest BCUT2D eigenvalue weighted by Crippen LogP contribution is -2.47. The molecule has 2 aliphatic heterocycles. The molecule has 1 aliphatic carbocycles. The molecule has 2 fully saturated rings. The standard InChI is InChI=1S/C27H30ClFN4O3/c1-26(35)14-16(15-26)24-30-22-13-18(12-20(29)23(22)32(24)2)36-10-9-33-7-5-27(6-8-33)19-11-17(28)3-4-21(19)31-25(27)34/h3-4,11-13,16,35H,5-10,14-15H2,1-2H3,(H,31,34). The predicted molar refractivity (Wildman–Crippen MR) is 136 cm³/mol. The zero-order valence-corrected chi connectivity index (χ0v) is 21.2. The van der Waals surface area contributed by atoms with Crippen molar-refractivity contribution in [3.8, 4) is 5.75 Å². The van der Waals surface area contributed by atoms with Crippen LogP contribution in [0.2, 0.25) is 5.02 Å². The van der Waals surface area contributed by atoms with E-state index in [1.807, 2.05) is 26.1 Å². The Hall–Kier alpha value is -2.68. The minimum Gasteiger partial charge on any atom is -0.492 e. The van der Waals surface area contributed by atoms with Gasteiger partial charge in [-0.1, -0.05) is 11.6 Å². The monoisotopic (exact) mass is 512 g/mol. The van der Waals surface area contributed by atoms with Crippen molar-refractivity contribution in [2.24, 2.45) is 7.05 Å². The van der Waals surface area contributed by atoms with Crippen LogP contribution < -0.4 is 10.1 Å². The van der Waals surface area contributed by atoms with Gasteiger partial charge in [0.15, 0.2) is 5.82 Å². The van der Waals surface area contributed by atoms with Gasteiger partial charge in [-0.3, -0.25) is 9.69 Å². The van der Waals surface area contributed by atoms with E-state index in [-0.39, 0.29) is 17.6 Å². The molecule has 2 aromatic carbocycles. The number of nitrogens with zero attached hydrogens (tertiary/aromatic N) is 3. The fraction of sp³-hybridized carbons (Fsp3) is 0.481. The van der Waals surface area contributed by atoms with Gasteiger partial charge in [-0.25, -0.2) is 9.37 Å². The smallest absolute Gasteiger partial charge is 0.235 e. The number of carbonyl (C=O) groups is 1. The van der Waals surface area contributed by atoms with Gasteiger partial charge in [0.05, 0.1) is 16.5 Å². The molecule has 9 heteroatoms. The number of amides is 1. The Morgan fingerprint density at radius 2 is 2.00 bits per heavy atom. The van der Waals surface area contributed by atoms with Gasteiger partial charge in [-0.2, -0.15) is 0 Å². The highest BCUT2D eigenvalue weighted by molar-refractivity contribution is 6.31. The molecule has 0 bridgehead atoms. The summed E-state index contributed by atoms with van der Waals surface area (Å²) in [6.45, 7) is 4.45. The molecule has 1 spiro atoms. The van der Waals surface area contributed by atoms with Crippen LogP contribution in [-0.4, -0.2) is 57.3 Å². The van der Waals surface area contributed by atoms with Crippen LogP contribution in [0.3, 0.4) is 0 Å². The van der Waals surface area contributed by atoms with Gasteiger partial charge in [-0.05, 0) is 69.5 Å². The van der Waals surface area contributed by atoms with Gasteiger partial charge in [0.2, 0.25) is 5.91 Å². The van der Waals surface area contributed by atoms with Crippen molar-refractivity contribution < 1.29 is 19.0 Å². The summed E-state index contributed by atoms with van der Waals surface area (Å²) in [6, 6.07) is 8.79. The second-order valence-corrected chi connectivity index (χ2v) is 11.3. The van der Waals surface area contributed by atoms with E-state index in [1.54, 1.807) is 16.7 Å². The number of aliphatic hydroxyl groups is 1. The van der Waals surface area contributed by atoms with Gasteiger partial charge in [0.1, 0.15) is 23.7 Å². The minimum absolute atomic E-state index is 0.0553. The van der Waals surface area contributed by atoms with Gasteiger partial charge >= 0.3 is 0 Å². The number of aryl methyl sites for hydroxylation is 1. The minimum atomic E-state index is -0.665. The molecule has 1 aromatic heterocycles. The summed E-state index contributed by atoms with van der Waals surface area (Å²) in [6.07, 6.45) is 2.70. The van der Waals surface area contributed by atoms with Crippen LogP contribution in [0.15, 0.2) is 30.3 Å². The number of anilines is 1. The third-order valence-corrected chi connectivity index (χ3v) is 8.47. The molecule has 3 heterocycles. The summed E-state index contributed by atoms with van der Waals surface area (Å²) in [4.78, 5) is 19.8. The van der Waals surface area contributed by atoms with Crippen LogP contribution in [0, 0.1) is 5.82 Å². The lowest BCUT2D eigenvalue weighted by Gasteiger charge is -2.40. The van der Waals surface area contributed by atoms with Crippen LogP contribution in [0.1, 0.15) is 49.9 Å². The first-order valence-electron chi connectivity index (χ1n) is 12.5. The number of carbonyl (C=O) groups excluding carboxylic acids is 1. The second-order valence-electron chi connectivity index (χ2n) is 10.8. The van der Waals surface area contributed by atoms with Crippen molar-refractivity contribution in [1.29, 1.82) is 0 Å². The summed E-state index contributed by atoms with van der Waals surface area (Å²) in [7, 11) is 1.82. The van der Waals surface area contributed by atoms with Crippen LogP contribution in [0.25, 0.3) is 11.0 Å². The number of fused-ring (bicyclic) bond motifs is 3. The molecule has 1 saturated heterocycles. The van der Waals surface area contributed by atoms with E-state index >= 15 is 0 Å². The van der Waals surface area contributed by atoms with Crippen LogP contribution in [-0.2, 0) is 17.3 Å². The number of nitrogens with one attached hydrogen (secondary N) is 1. The number of hydrogen-bond acceptors (Lipinski definition) is 5. The topological polar surface area (TPSA) is 79.6 Å². The van der Waals surface area contributed by atoms with Crippen molar-refractivity contribution in [3.63, 3.8) is 0 Å². The maximum absolute atomic E-state index is 14.9. The summed E-state index contributed by atoms with van der Waals surface area (Å²) < 4.78 is 22.7. The number of hydrogen-bond donors (Lipinski definition) is 2. The molecule has 1 amide bonds. The van der Waals surface area contributed by atoms with Crippen molar-refractivity contribution >= 4 is 34.2 Å². The number of imidazole rings is 1. The van der Waals surface area contributed by atoms with E-state index in [4.69, 9.17) is 16.3 Å². The Morgan fingerprint density at radius 1 is 1.25 bits per heavy atom. The fourth-order valence-corrected chi connectivity index (χ4v) is 6.43.